The second-order valence-electron chi connectivity index (χ2n) is 3.42. The minimum Gasteiger partial charge on any atom is -0.320 e. The first kappa shape index (κ1) is 11.2. The Morgan fingerprint density at radius 2 is 2.06 bits per heavy atom. The van der Waals surface area contributed by atoms with Crippen molar-refractivity contribution in [1.82, 2.24) is 15.3 Å². The minimum absolute atomic E-state index is 0.105. The molecule has 1 aromatic heterocycles. The number of aromatic nitrogens is 2. The summed E-state index contributed by atoms with van der Waals surface area (Å²) in [5.41, 5.74) is 0. The van der Waals surface area contributed by atoms with E-state index in [-0.39, 0.29) is 18.4 Å². The molecule has 1 fully saturated rings. The Kier molecular flexibility index (Phi) is 3.03. The number of hydrogen-bond acceptors (Lipinski definition) is 5. The van der Waals surface area contributed by atoms with E-state index in [1.165, 1.54) is 0 Å². The SMILES string of the molecule is CC1C(=O)NC(=O)CN1c1ncc(I)cn1. The molecule has 1 atom stereocenters. The molecule has 2 heterocycles. The third kappa shape index (κ3) is 2.13. The molecule has 0 aliphatic carbocycles. The molecule has 1 aliphatic heterocycles. The van der Waals surface area contributed by atoms with Crippen molar-refractivity contribution < 1.29 is 9.59 Å². The lowest BCUT2D eigenvalue weighted by molar-refractivity contribution is -0.132. The number of piperazine rings is 1. The highest BCUT2D eigenvalue weighted by molar-refractivity contribution is 14.1. The van der Waals surface area contributed by atoms with Gasteiger partial charge in [0.2, 0.25) is 17.8 Å². The zero-order chi connectivity index (χ0) is 11.7. The Labute approximate surface area is 106 Å². The van der Waals surface area contributed by atoms with E-state index in [1.54, 1.807) is 24.2 Å². The first-order valence-electron chi connectivity index (χ1n) is 4.66. The number of carbonyl (C=O) groups is 2. The summed E-state index contributed by atoms with van der Waals surface area (Å²) < 4.78 is 0.904. The monoisotopic (exact) mass is 332 g/mol. The minimum atomic E-state index is -0.433. The number of anilines is 1. The third-order valence-corrected chi connectivity index (χ3v) is 2.84. The van der Waals surface area contributed by atoms with Crippen LogP contribution >= 0.6 is 22.6 Å². The lowest BCUT2D eigenvalue weighted by Crippen LogP contribution is -2.57. The molecule has 0 bridgehead atoms. The van der Waals surface area contributed by atoms with Crippen LogP contribution in [0.15, 0.2) is 12.4 Å². The van der Waals surface area contributed by atoms with Crippen LogP contribution in [-0.2, 0) is 9.59 Å². The molecule has 2 amide bonds. The zero-order valence-corrected chi connectivity index (χ0v) is 10.6. The summed E-state index contributed by atoms with van der Waals surface area (Å²) in [6.45, 7) is 1.82. The first-order valence-corrected chi connectivity index (χ1v) is 5.73. The Morgan fingerprint density at radius 1 is 1.44 bits per heavy atom. The molecular weight excluding hydrogens is 323 g/mol. The fourth-order valence-electron chi connectivity index (χ4n) is 1.41. The summed E-state index contributed by atoms with van der Waals surface area (Å²) in [4.78, 5) is 32.4. The summed E-state index contributed by atoms with van der Waals surface area (Å²) in [7, 11) is 0. The van der Waals surface area contributed by atoms with Crippen molar-refractivity contribution >= 4 is 40.4 Å². The maximum absolute atomic E-state index is 11.4. The van der Waals surface area contributed by atoms with Crippen molar-refractivity contribution in [2.24, 2.45) is 0 Å². The summed E-state index contributed by atoms with van der Waals surface area (Å²) >= 11 is 2.09. The lowest BCUT2D eigenvalue weighted by Gasteiger charge is -2.31. The standard InChI is InChI=1S/C9H9IN4O2/c1-5-8(16)13-7(15)4-14(5)9-11-2-6(10)3-12-9/h2-3,5H,4H2,1H3,(H,13,15,16). The van der Waals surface area contributed by atoms with Crippen LogP contribution in [0.2, 0.25) is 0 Å². The highest BCUT2D eigenvalue weighted by Crippen LogP contribution is 2.14. The quantitative estimate of drug-likeness (QED) is 0.576. The Morgan fingerprint density at radius 3 is 2.69 bits per heavy atom. The van der Waals surface area contributed by atoms with Gasteiger partial charge in [0.25, 0.3) is 0 Å². The molecule has 2 rings (SSSR count). The van der Waals surface area contributed by atoms with Gasteiger partial charge in [0.1, 0.15) is 12.6 Å². The number of nitrogens with one attached hydrogen (secondary N) is 1. The number of hydrogen-bond donors (Lipinski definition) is 1. The zero-order valence-electron chi connectivity index (χ0n) is 8.48. The molecular formula is C9H9IN4O2. The molecule has 0 saturated carbocycles. The molecule has 7 heteroatoms. The largest absolute Gasteiger partial charge is 0.320 e. The van der Waals surface area contributed by atoms with Crippen LogP contribution in [0.25, 0.3) is 0 Å². The topological polar surface area (TPSA) is 75.2 Å². The van der Waals surface area contributed by atoms with Gasteiger partial charge in [-0.15, -0.1) is 0 Å². The molecule has 6 nitrogen and oxygen atoms in total. The number of rotatable bonds is 1. The van der Waals surface area contributed by atoms with Crippen LogP contribution in [0.5, 0.6) is 0 Å². The number of imide groups is 1. The number of nitrogens with zero attached hydrogens (tertiary/aromatic N) is 3. The van der Waals surface area contributed by atoms with Crippen molar-refractivity contribution in [1.29, 1.82) is 0 Å². The molecule has 0 aromatic carbocycles. The maximum atomic E-state index is 11.4. The Hall–Kier alpha value is -1.25. The van der Waals surface area contributed by atoms with E-state index < -0.39 is 6.04 Å². The number of carbonyl (C=O) groups excluding carboxylic acids is 2. The molecule has 1 aliphatic rings. The van der Waals surface area contributed by atoms with Gasteiger partial charge in [-0.1, -0.05) is 0 Å². The van der Waals surface area contributed by atoms with Gasteiger partial charge in [0.15, 0.2) is 0 Å². The van der Waals surface area contributed by atoms with E-state index in [2.05, 4.69) is 37.9 Å². The molecule has 1 aromatic rings. The molecule has 0 radical (unpaired) electrons. The van der Waals surface area contributed by atoms with Crippen LogP contribution in [0.3, 0.4) is 0 Å². The van der Waals surface area contributed by atoms with Gasteiger partial charge >= 0.3 is 0 Å². The second-order valence-corrected chi connectivity index (χ2v) is 4.66. The Bertz CT molecular complexity index is 434. The first-order chi connectivity index (χ1) is 7.58. The van der Waals surface area contributed by atoms with Gasteiger partial charge in [-0.2, -0.15) is 0 Å². The van der Waals surface area contributed by atoms with Crippen molar-refractivity contribution in [3.63, 3.8) is 0 Å². The smallest absolute Gasteiger partial charge is 0.249 e. The normalized spacial score (nSPS) is 20.9. The van der Waals surface area contributed by atoms with Crippen molar-refractivity contribution in [3.05, 3.63) is 16.0 Å². The Balaban J connectivity index is 2.28. The maximum Gasteiger partial charge on any atom is 0.249 e. The second kappa shape index (κ2) is 4.32. The fourth-order valence-corrected chi connectivity index (χ4v) is 1.69. The predicted octanol–water partition coefficient (Wildman–Crippen LogP) is -0.0675. The van der Waals surface area contributed by atoms with E-state index in [4.69, 9.17) is 0 Å². The van der Waals surface area contributed by atoms with E-state index in [1.807, 2.05) is 0 Å². The fraction of sp³-hybridized carbons (Fsp3) is 0.333. The molecule has 1 unspecified atom stereocenters. The highest BCUT2D eigenvalue weighted by Gasteiger charge is 2.31. The predicted molar refractivity (Wildman–Crippen MR) is 64.7 cm³/mol. The van der Waals surface area contributed by atoms with Crippen LogP contribution < -0.4 is 10.2 Å². The lowest BCUT2D eigenvalue weighted by atomic mass is 10.2. The van der Waals surface area contributed by atoms with Gasteiger partial charge < -0.3 is 4.90 Å². The average molecular weight is 332 g/mol. The van der Waals surface area contributed by atoms with Gasteiger partial charge in [-0.25, -0.2) is 9.97 Å². The van der Waals surface area contributed by atoms with E-state index in [9.17, 15) is 9.59 Å². The summed E-state index contributed by atoms with van der Waals surface area (Å²) in [5, 5.41) is 2.26. The average Bonchev–Trinajstić information content (AvgIpc) is 2.25. The molecule has 1 saturated heterocycles. The third-order valence-electron chi connectivity index (χ3n) is 2.29. The van der Waals surface area contributed by atoms with Gasteiger partial charge in [0, 0.05) is 16.0 Å². The molecule has 84 valence electrons. The summed E-state index contributed by atoms with van der Waals surface area (Å²) in [5.74, 6) is -0.250. The van der Waals surface area contributed by atoms with Crippen molar-refractivity contribution in [2.75, 3.05) is 11.4 Å². The van der Waals surface area contributed by atoms with Gasteiger partial charge in [-0.05, 0) is 29.5 Å². The van der Waals surface area contributed by atoms with Crippen LogP contribution in [0.1, 0.15) is 6.92 Å². The molecule has 1 N–H and O–H groups in total. The highest BCUT2D eigenvalue weighted by atomic mass is 127. The van der Waals surface area contributed by atoms with E-state index in [0.29, 0.717) is 5.95 Å². The summed E-state index contributed by atoms with van der Waals surface area (Å²) in [6, 6.07) is -0.433. The van der Waals surface area contributed by atoms with Crippen molar-refractivity contribution in [3.8, 4) is 0 Å². The number of halogens is 1. The molecule has 0 spiro atoms. The van der Waals surface area contributed by atoms with E-state index in [0.717, 1.165) is 3.57 Å². The summed E-state index contributed by atoms with van der Waals surface area (Å²) in [6.07, 6.45) is 3.29. The van der Waals surface area contributed by atoms with Crippen LogP contribution in [0, 0.1) is 3.57 Å². The van der Waals surface area contributed by atoms with Gasteiger partial charge in [0.05, 0.1) is 0 Å². The van der Waals surface area contributed by atoms with Gasteiger partial charge in [-0.3, -0.25) is 14.9 Å². The molecule has 16 heavy (non-hydrogen) atoms. The van der Waals surface area contributed by atoms with E-state index >= 15 is 0 Å². The number of amides is 2. The van der Waals surface area contributed by atoms with Crippen LogP contribution in [0.4, 0.5) is 5.95 Å². The van der Waals surface area contributed by atoms with Crippen LogP contribution in [-0.4, -0.2) is 34.4 Å². The van der Waals surface area contributed by atoms with Crippen molar-refractivity contribution in [2.45, 2.75) is 13.0 Å².